The molecule has 1 fully saturated rings. The molecule has 3 N–H and O–H groups in total. The fourth-order valence-electron chi connectivity index (χ4n) is 3.90. The first-order valence-electron chi connectivity index (χ1n) is 11.9. The topological polar surface area (TPSA) is 117 Å². The molecule has 10 nitrogen and oxygen atoms in total. The van der Waals surface area contributed by atoms with E-state index in [-0.39, 0.29) is 30.7 Å². The number of hydrogen-bond donors (Lipinski definition) is 3. The highest BCUT2D eigenvalue weighted by molar-refractivity contribution is 9.10. The second kappa shape index (κ2) is 14.9. The Hall–Kier alpha value is -2.09. The van der Waals surface area contributed by atoms with Crippen molar-refractivity contribution in [1.29, 1.82) is 0 Å². The Labute approximate surface area is 247 Å². The zero-order valence-electron chi connectivity index (χ0n) is 21.7. The lowest BCUT2D eigenvalue weighted by Crippen LogP contribution is -2.31. The van der Waals surface area contributed by atoms with Gasteiger partial charge in [-0.25, -0.2) is 9.97 Å². The lowest BCUT2D eigenvalue weighted by atomic mass is 9.98. The Bertz CT molecular complexity index is 1220. The van der Waals surface area contributed by atoms with E-state index in [0.717, 1.165) is 43.9 Å². The molecule has 0 bridgehead atoms. The highest BCUT2D eigenvalue weighted by Crippen LogP contribution is 2.36. The van der Waals surface area contributed by atoms with Gasteiger partial charge in [-0.1, -0.05) is 0 Å². The van der Waals surface area contributed by atoms with Crippen molar-refractivity contribution in [2.45, 2.75) is 32.6 Å². The van der Waals surface area contributed by atoms with Crippen LogP contribution in [0.25, 0.3) is 0 Å². The molecule has 0 aliphatic carbocycles. The monoisotopic (exact) mass is 646 g/mol. The Balaban J connectivity index is 0.00000253. The number of nitrogens with zero attached hydrogens (tertiary/aromatic N) is 5. The van der Waals surface area contributed by atoms with Crippen LogP contribution in [-0.2, 0) is 0 Å². The van der Waals surface area contributed by atoms with Gasteiger partial charge in [0.2, 0.25) is 5.13 Å². The summed E-state index contributed by atoms with van der Waals surface area (Å²) in [5.74, 6) is 2.77. The van der Waals surface area contributed by atoms with Crippen LogP contribution in [0.15, 0.2) is 22.9 Å². The van der Waals surface area contributed by atoms with Crippen molar-refractivity contribution in [3.05, 3.63) is 45.6 Å². The van der Waals surface area contributed by atoms with Crippen molar-refractivity contribution in [3.63, 3.8) is 0 Å². The van der Waals surface area contributed by atoms with Gasteiger partial charge in [-0.05, 0) is 69.8 Å². The number of nitrogens with one attached hydrogen (secondary N) is 3. The van der Waals surface area contributed by atoms with E-state index >= 15 is 0 Å². The fourth-order valence-corrected chi connectivity index (χ4v) is 4.85. The summed E-state index contributed by atoms with van der Waals surface area (Å²) in [6.45, 7) is 7.01. The molecule has 38 heavy (non-hydrogen) atoms. The van der Waals surface area contributed by atoms with Crippen LogP contribution in [0.5, 0.6) is 11.5 Å². The normalized spacial score (nSPS) is 13.4. The van der Waals surface area contributed by atoms with E-state index in [9.17, 15) is 4.79 Å². The first kappa shape index (κ1) is 32.1. The summed E-state index contributed by atoms with van der Waals surface area (Å²) in [5, 5.41) is 10.2. The molecule has 4 rings (SSSR count). The van der Waals surface area contributed by atoms with Crippen LogP contribution in [0.2, 0.25) is 0 Å². The van der Waals surface area contributed by atoms with Gasteiger partial charge in [0, 0.05) is 54.6 Å². The minimum absolute atomic E-state index is 0. The first-order valence-corrected chi connectivity index (χ1v) is 13.4. The highest BCUT2D eigenvalue weighted by Gasteiger charge is 2.21. The second-order valence-electron chi connectivity index (χ2n) is 8.98. The molecule has 14 heteroatoms. The molecular weight excluding hydrogens is 615 g/mol. The maximum absolute atomic E-state index is 12.7. The number of aromatic nitrogens is 4. The van der Waals surface area contributed by atoms with E-state index in [1.165, 1.54) is 11.5 Å². The highest BCUT2D eigenvalue weighted by atomic mass is 79.9. The van der Waals surface area contributed by atoms with Gasteiger partial charge in [-0.2, -0.15) is 4.37 Å². The molecule has 4 heterocycles. The predicted octanol–water partition coefficient (Wildman–Crippen LogP) is 4.85. The maximum Gasteiger partial charge on any atom is 0.253 e. The quantitative estimate of drug-likeness (QED) is 0.300. The van der Waals surface area contributed by atoms with Crippen molar-refractivity contribution in [3.8, 4) is 11.5 Å². The van der Waals surface area contributed by atoms with Crippen LogP contribution >= 0.6 is 52.3 Å². The number of ether oxygens (including phenoxy) is 1. The van der Waals surface area contributed by atoms with Crippen LogP contribution in [-0.4, -0.2) is 70.4 Å². The Morgan fingerprint density at radius 2 is 1.95 bits per heavy atom. The van der Waals surface area contributed by atoms with E-state index in [0.29, 0.717) is 50.6 Å². The van der Waals surface area contributed by atoms with Gasteiger partial charge in [0.1, 0.15) is 17.4 Å². The number of likely N-dealkylation sites (N-methyl/N-ethyl adjacent to an activating group) is 1. The second-order valence-corrected chi connectivity index (χ2v) is 10.6. The Morgan fingerprint density at radius 3 is 2.66 bits per heavy atom. The average Bonchev–Trinajstić information content (AvgIpc) is 3.32. The molecule has 1 aliphatic heterocycles. The van der Waals surface area contributed by atoms with Crippen molar-refractivity contribution in [2.75, 3.05) is 45.6 Å². The van der Waals surface area contributed by atoms with Gasteiger partial charge in [-0.3, -0.25) is 9.78 Å². The molecule has 1 amide bonds. The number of anilines is 2. The lowest BCUT2D eigenvalue weighted by Gasteiger charge is -2.19. The third-order valence-electron chi connectivity index (χ3n) is 5.96. The Morgan fingerprint density at radius 1 is 1.21 bits per heavy atom. The molecule has 1 saturated heterocycles. The van der Waals surface area contributed by atoms with E-state index in [1.807, 2.05) is 32.8 Å². The van der Waals surface area contributed by atoms with Crippen molar-refractivity contribution in [2.24, 2.45) is 0 Å². The van der Waals surface area contributed by atoms with Gasteiger partial charge < -0.3 is 25.6 Å². The summed E-state index contributed by atoms with van der Waals surface area (Å²) in [5.41, 5.74) is 1.89. The first-order chi connectivity index (χ1) is 17.3. The molecular formula is C24H33BrCl2N8O2S. The zero-order chi connectivity index (χ0) is 25.7. The van der Waals surface area contributed by atoms with Crippen molar-refractivity contribution < 1.29 is 9.53 Å². The molecule has 0 spiro atoms. The van der Waals surface area contributed by atoms with E-state index in [4.69, 9.17) is 4.74 Å². The van der Waals surface area contributed by atoms with E-state index < -0.39 is 0 Å². The molecule has 1 aliphatic rings. The summed E-state index contributed by atoms with van der Waals surface area (Å²) in [4.78, 5) is 28.3. The minimum Gasteiger partial charge on any atom is -0.454 e. The number of halogens is 3. The summed E-state index contributed by atoms with van der Waals surface area (Å²) >= 11 is 4.85. The number of rotatable bonds is 9. The third-order valence-corrected chi connectivity index (χ3v) is 7.20. The molecule has 0 atom stereocenters. The number of carbonyl (C=O) groups excluding carboxylic acids is 1. The van der Waals surface area contributed by atoms with Crippen LogP contribution in [0.3, 0.4) is 0 Å². The van der Waals surface area contributed by atoms with Crippen LogP contribution in [0.4, 0.5) is 10.9 Å². The molecule has 0 saturated carbocycles. The summed E-state index contributed by atoms with van der Waals surface area (Å²) in [7, 11) is 3.93. The van der Waals surface area contributed by atoms with Gasteiger partial charge in [0.05, 0.1) is 15.7 Å². The molecule has 0 aromatic carbocycles. The largest absolute Gasteiger partial charge is 0.454 e. The van der Waals surface area contributed by atoms with Gasteiger partial charge in [0.25, 0.3) is 5.91 Å². The molecule has 3 aromatic heterocycles. The number of amides is 1. The summed E-state index contributed by atoms with van der Waals surface area (Å²) in [6.07, 6.45) is 5.35. The number of pyridine rings is 2. The average molecular weight is 648 g/mol. The Kier molecular flexibility index (Phi) is 12.6. The SMILES string of the molecule is Cc1ncc(C(=O)NCCN(C)C)c(C)c1Oc1cc(Nc2nc(C3CCNCC3)ns2)ncc1Br.Cl.Cl. The summed E-state index contributed by atoms with van der Waals surface area (Å²) in [6, 6.07) is 1.79. The van der Waals surface area contributed by atoms with Gasteiger partial charge >= 0.3 is 0 Å². The van der Waals surface area contributed by atoms with Crippen molar-refractivity contribution >= 4 is 69.1 Å². The van der Waals surface area contributed by atoms with E-state index in [1.54, 1.807) is 18.5 Å². The standard InChI is InChI=1S/C24H31BrN8O2S.2ClH/c1-14-17(23(34)27-9-10-33(3)4)12-28-15(2)21(14)35-19-11-20(29-13-18(19)25)30-24-31-22(32-36-24)16-5-7-26-8-6-16;;/h11-13,16,26H,5-10H2,1-4H3,(H,27,34)(H,29,30,31,32);2*1H. The van der Waals surface area contributed by atoms with Crippen LogP contribution in [0.1, 0.15) is 46.2 Å². The number of piperidine rings is 1. The smallest absolute Gasteiger partial charge is 0.253 e. The van der Waals surface area contributed by atoms with E-state index in [2.05, 4.69) is 51.2 Å². The maximum atomic E-state index is 12.7. The van der Waals surface area contributed by atoms with Crippen LogP contribution in [0, 0.1) is 13.8 Å². The summed E-state index contributed by atoms with van der Waals surface area (Å²) < 4.78 is 11.5. The predicted molar refractivity (Wildman–Crippen MR) is 159 cm³/mol. The van der Waals surface area contributed by atoms with Crippen LogP contribution < -0.4 is 20.7 Å². The van der Waals surface area contributed by atoms with Gasteiger partial charge in [-0.15, -0.1) is 24.8 Å². The van der Waals surface area contributed by atoms with Crippen molar-refractivity contribution in [1.82, 2.24) is 34.9 Å². The third kappa shape index (κ3) is 8.20. The number of hydrogen-bond acceptors (Lipinski definition) is 10. The molecule has 208 valence electrons. The number of aryl methyl sites for hydroxylation is 1. The molecule has 0 radical (unpaired) electrons. The number of carbonyl (C=O) groups is 1. The lowest BCUT2D eigenvalue weighted by molar-refractivity contribution is 0.0949. The zero-order valence-corrected chi connectivity index (χ0v) is 25.7. The van der Waals surface area contributed by atoms with Gasteiger partial charge in [0.15, 0.2) is 5.75 Å². The molecule has 3 aromatic rings. The minimum atomic E-state index is -0.177. The molecule has 0 unspecified atom stereocenters. The fraction of sp³-hybridized carbons (Fsp3) is 0.458.